The topological polar surface area (TPSA) is 87.0 Å². The highest BCUT2D eigenvalue weighted by atomic mass is 16.4. The molecule has 1 rings (SSSR count). The molecule has 6 heteroatoms. The van der Waals surface area contributed by atoms with E-state index in [-0.39, 0.29) is 17.7 Å². The van der Waals surface area contributed by atoms with Crippen molar-refractivity contribution in [3.8, 4) is 0 Å². The highest BCUT2D eigenvalue weighted by Crippen LogP contribution is 2.29. The molecule has 1 amide bonds. The smallest absolute Gasteiger partial charge is 0.306 e. The van der Waals surface area contributed by atoms with Crippen LogP contribution in [0, 0.1) is 16.7 Å². The van der Waals surface area contributed by atoms with Gasteiger partial charge in [0.2, 0.25) is 5.91 Å². The molecule has 1 aliphatic carbocycles. The van der Waals surface area contributed by atoms with Crippen LogP contribution < -0.4 is 0 Å². The zero-order valence-corrected chi connectivity index (χ0v) is 9.26. The van der Waals surface area contributed by atoms with Gasteiger partial charge in [0.15, 0.2) is 0 Å². The summed E-state index contributed by atoms with van der Waals surface area (Å²) in [6.45, 7) is 1.61. The van der Waals surface area contributed by atoms with Crippen LogP contribution >= 0.6 is 0 Å². The Morgan fingerprint density at radius 2 is 1.88 bits per heavy atom. The number of hydrogen-bond donors (Lipinski definition) is 1. The first kappa shape index (κ1) is 12.6. The highest BCUT2D eigenvalue weighted by molar-refractivity contribution is 5.72. The summed E-state index contributed by atoms with van der Waals surface area (Å²) in [5.74, 6) is -1.20. The Hall–Kier alpha value is -1.46. The summed E-state index contributed by atoms with van der Waals surface area (Å²) in [5.41, 5.74) is 0. The van der Waals surface area contributed by atoms with Gasteiger partial charge in [-0.25, -0.2) is 0 Å². The van der Waals surface area contributed by atoms with Gasteiger partial charge in [0.1, 0.15) is 0 Å². The molecule has 0 aromatic carbocycles. The molecule has 1 fully saturated rings. The molecule has 1 aliphatic rings. The van der Waals surface area contributed by atoms with E-state index in [4.69, 9.17) is 5.11 Å². The van der Waals surface area contributed by atoms with Crippen molar-refractivity contribution in [3.05, 3.63) is 4.91 Å². The summed E-state index contributed by atoms with van der Waals surface area (Å²) < 4.78 is 0. The van der Waals surface area contributed by atoms with Gasteiger partial charge in [-0.05, 0) is 31.6 Å². The van der Waals surface area contributed by atoms with Crippen LogP contribution in [0.2, 0.25) is 0 Å². The highest BCUT2D eigenvalue weighted by Gasteiger charge is 2.27. The number of nitroso groups, excluding NO2 is 1. The van der Waals surface area contributed by atoms with E-state index in [1.165, 1.54) is 6.92 Å². The van der Waals surface area contributed by atoms with Gasteiger partial charge in [-0.15, -0.1) is 4.91 Å². The molecule has 0 radical (unpaired) electrons. The van der Waals surface area contributed by atoms with Gasteiger partial charge in [0.25, 0.3) is 0 Å². The van der Waals surface area contributed by atoms with Gasteiger partial charge < -0.3 is 5.11 Å². The van der Waals surface area contributed by atoms with Crippen LogP contribution in [-0.2, 0) is 9.59 Å². The van der Waals surface area contributed by atoms with Crippen molar-refractivity contribution in [2.24, 2.45) is 17.1 Å². The zero-order valence-electron chi connectivity index (χ0n) is 9.26. The van der Waals surface area contributed by atoms with Crippen molar-refractivity contribution in [2.75, 3.05) is 6.54 Å². The number of nitrogens with zero attached hydrogens (tertiary/aromatic N) is 2. The van der Waals surface area contributed by atoms with E-state index >= 15 is 0 Å². The van der Waals surface area contributed by atoms with E-state index in [2.05, 4.69) is 5.29 Å². The monoisotopic (exact) mass is 228 g/mol. The molecule has 0 unspecified atom stereocenters. The lowest BCUT2D eigenvalue weighted by Gasteiger charge is -2.27. The van der Waals surface area contributed by atoms with Crippen molar-refractivity contribution in [1.82, 2.24) is 5.01 Å². The predicted molar refractivity (Wildman–Crippen MR) is 56.3 cm³/mol. The van der Waals surface area contributed by atoms with Gasteiger partial charge >= 0.3 is 5.97 Å². The van der Waals surface area contributed by atoms with Crippen molar-refractivity contribution < 1.29 is 14.7 Å². The molecule has 0 spiro atoms. The maximum absolute atomic E-state index is 11.0. The molecular weight excluding hydrogens is 212 g/mol. The van der Waals surface area contributed by atoms with E-state index in [0.717, 1.165) is 17.9 Å². The average molecular weight is 228 g/mol. The zero-order chi connectivity index (χ0) is 12.1. The number of amides is 1. The van der Waals surface area contributed by atoms with Crippen molar-refractivity contribution in [1.29, 1.82) is 0 Å². The third-order valence-electron chi connectivity index (χ3n) is 3.09. The van der Waals surface area contributed by atoms with E-state index in [0.29, 0.717) is 19.4 Å². The Bertz CT molecular complexity index is 285. The number of carboxylic acid groups (broad SMARTS) is 1. The Labute approximate surface area is 93.6 Å². The fraction of sp³-hybridized carbons (Fsp3) is 0.800. The molecule has 0 aromatic heterocycles. The van der Waals surface area contributed by atoms with E-state index < -0.39 is 5.97 Å². The first-order valence-electron chi connectivity index (χ1n) is 5.38. The molecule has 0 saturated heterocycles. The van der Waals surface area contributed by atoms with Crippen LogP contribution in [0.15, 0.2) is 5.29 Å². The molecule has 0 atom stereocenters. The molecule has 0 aliphatic heterocycles. The molecule has 0 bridgehead atoms. The molecule has 90 valence electrons. The first-order valence-corrected chi connectivity index (χ1v) is 5.38. The van der Waals surface area contributed by atoms with Crippen LogP contribution in [0.5, 0.6) is 0 Å². The SMILES string of the molecule is CC(=O)N(CC1CCC(C(=O)O)CC1)N=O. The lowest BCUT2D eigenvalue weighted by Crippen LogP contribution is -2.32. The minimum absolute atomic E-state index is 0.192. The molecule has 0 heterocycles. The molecule has 1 saturated carbocycles. The van der Waals surface area contributed by atoms with Crippen molar-refractivity contribution >= 4 is 11.9 Å². The third kappa shape index (κ3) is 3.29. The van der Waals surface area contributed by atoms with Gasteiger partial charge in [-0.1, -0.05) is 0 Å². The summed E-state index contributed by atoms with van der Waals surface area (Å²) in [7, 11) is 0. The number of aliphatic carboxylic acids is 1. The summed E-state index contributed by atoms with van der Waals surface area (Å²) in [5, 5.41) is 12.4. The predicted octanol–water partition coefficient (Wildman–Crippen LogP) is 1.41. The maximum atomic E-state index is 11.0. The minimum atomic E-state index is -0.754. The number of hydrogen-bond acceptors (Lipinski definition) is 4. The summed E-state index contributed by atoms with van der Waals surface area (Å²) in [4.78, 5) is 32.0. The van der Waals surface area contributed by atoms with Crippen molar-refractivity contribution in [3.63, 3.8) is 0 Å². The number of carbonyl (C=O) groups is 2. The lowest BCUT2D eigenvalue weighted by atomic mass is 9.82. The molecule has 6 nitrogen and oxygen atoms in total. The largest absolute Gasteiger partial charge is 0.481 e. The Morgan fingerprint density at radius 1 is 1.31 bits per heavy atom. The van der Waals surface area contributed by atoms with Crippen LogP contribution in [-0.4, -0.2) is 28.5 Å². The van der Waals surface area contributed by atoms with E-state index in [1.807, 2.05) is 0 Å². The Balaban J connectivity index is 2.39. The standard InChI is InChI=1S/C10H16N2O4/c1-7(13)12(11-16)6-8-2-4-9(5-3-8)10(14)15/h8-9H,2-6H2,1H3,(H,14,15). The van der Waals surface area contributed by atoms with E-state index in [9.17, 15) is 14.5 Å². The molecule has 16 heavy (non-hydrogen) atoms. The van der Waals surface area contributed by atoms with Crippen LogP contribution in [0.1, 0.15) is 32.6 Å². The Morgan fingerprint density at radius 3 is 2.25 bits per heavy atom. The third-order valence-corrected chi connectivity index (χ3v) is 3.09. The van der Waals surface area contributed by atoms with E-state index in [1.54, 1.807) is 0 Å². The van der Waals surface area contributed by atoms with Gasteiger partial charge in [0.05, 0.1) is 17.7 Å². The first-order chi connectivity index (χ1) is 7.54. The fourth-order valence-corrected chi connectivity index (χ4v) is 2.06. The van der Waals surface area contributed by atoms with Crippen LogP contribution in [0.4, 0.5) is 0 Å². The van der Waals surface area contributed by atoms with Crippen LogP contribution in [0.25, 0.3) is 0 Å². The fourth-order valence-electron chi connectivity index (χ4n) is 2.06. The minimum Gasteiger partial charge on any atom is -0.481 e. The Kier molecular flexibility index (Phi) is 4.39. The van der Waals surface area contributed by atoms with Gasteiger partial charge in [-0.3, -0.25) is 9.59 Å². The van der Waals surface area contributed by atoms with Crippen LogP contribution in [0.3, 0.4) is 0 Å². The summed E-state index contributed by atoms with van der Waals surface area (Å²) in [6.07, 6.45) is 2.70. The molecular formula is C10H16N2O4. The number of carboxylic acids is 1. The second-order valence-corrected chi connectivity index (χ2v) is 4.24. The number of carbonyl (C=O) groups excluding carboxylic acids is 1. The average Bonchev–Trinajstić information content (AvgIpc) is 2.26. The molecule has 1 N–H and O–H groups in total. The van der Waals surface area contributed by atoms with Gasteiger partial charge in [0, 0.05) is 6.92 Å². The van der Waals surface area contributed by atoms with Gasteiger partial charge in [-0.2, -0.15) is 5.01 Å². The van der Waals surface area contributed by atoms with Crippen molar-refractivity contribution in [2.45, 2.75) is 32.6 Å². The number of rotatable bonds is 4. The molecule has 0 aromatic rings. The second kappa shape index (κ2) is 5.58. The second-order valence-electron chi connectivity index (χ2n) is 4.24. The maximum Gasteiger partial charge on any atom is 0.306 e. The summed E-state index contributed by atoms with van der Waals surface area (Å²) in [6, 6.07) is 0. The quantitative estimate of drug-likeness (QED) is 0.582. The summed E-state index contributed by atoms with van der Waals surface area (Å²) >= 11 is 0. The lowest BCUT2D eigenvalue weighted by molar-refractivity contribution is -0.143. The normalized spacial score (nSPS) is 24.8.